The highest BCUT2D eigenvalue weighted by Crippen LogP contribution is 2.21. The summed E-state index contributed by atoms with van der Waals surface area (Å²) in [5, 5.41) is 3.56. The zero-order chi connectivity index (χ0) is 12.3. The SMILES string of the molecule is Cc1c(N)cccc1NC(C)CN1CCCC1. The van der Waals surface area contributed by atoms with E-state index in [1.165, 1.54) is 25.9 Å². The summed E-state index contributed by atoms with van der Waals surface area (Å²) >= 11 is 0. The molecule has 3 nitrogen and oxygen atoms in total. The molecule has 0 saturated carbocycles. The molecule has 3 heteroatoms. The molecular formula is C14H23N3. The van der Waals surface area contributed by atoms with E-state index in [0.29, 0.717) is 6.04 Å². The van der Waals surface area contributed by atoms with Crippen LogP contribution in [0.25, 0.3) is 0 Å². The molecule has 0 aliphatic carbocycles. The molecule has 1 aliphatic heterocycles. The molecule has 1 heterocycles. The summed E-state index contributed by atoms with van der Waals surface area (Å²) in [6, 6.07) is 6.53. The fraction of sp³-hybridized carbons (Fsp3) is 0.571. The predicted molar refractivity (Wildman–Crippen MR) is 74.4 cm³/mol. The average Bonchev–Trinajstić information content (AvgIpc) is 2.77. The van der Waals surface area contributed by atoms with E-state index in [1.54, 1.807) is 0 Å². The first kappa shape index (κ1) is 12.2. The van der Waals surface area contributed by atoms with Gasteiger partial charge in [0.2, 0.25) is 0 Å². The molecule has 1 aromatic carbocycles. The second kappa shape index (κ2) is 5.41. The Labute approximate surface area is 104 Å². The van der Waals surface area contributed by atoms with Gasteiger partial charge in [-0.2, -0.15) is 0 Å². The molecule has 0 radical (unpaired) electrons. The van der Waals surface area contributed by atoms with Crippen LogP contribution < -0.4 is 11.1 Å². The highest BCUT2D eigenvalue weighted by molar-refractivity contribution is 5.63. The number of hydrogen-bond acceptors (Lipinski definition) is 3. The van der Waals surface area contributed by atoms with Crippen LogP contribution >= 0.6 is 0 Å². The van der Waals surface area contributed by atoms with Crippen LogP contribution in [0.2, 0.25) is 0 Å². The topological polar surface area (TPSA) is 41.3 Å². The van der Waals surface area contributed by atoms with Crippen LogP contribution in [0.1, 0.15) is 25.3 Å². The third kappa shape index (κ3) is 3.13. The average molecular weight is 233 g/mol. The summed E-state index contributed by atoms with van der Waals surface area (Å²) in [4.78, 5) is 2.53. The maximum Gasteiger partial charge on any atom is 0.0393 e. The molecule has 17 heavy (non-hydrogen) atoms. The Hall–Kier alpha value is -1.22. The normalized spacial score (nSPS) is 18.2. The molecule has 1 saturated heterocycles. The summed E-state index contributed by atoms with van der Waals surface area (Å²) in [6.07, 6.45) is 2.70. The number of anilines is 2. The Kier molecular flexibility index (Phi) is 3.89. The molecule has 94 valence electrons. The van der Waals surface area contributed by atoms with Crippen molar-refractivity contribution in [3.63, 3.8) is 0 Å². The van der Waals surface area contributed by atoms with Gasteiger partial charge in [-0.3, -0.25) is 0 Å². The van der Waals surface area contributed by atoms with Crippen molar-refractivity contribution in [2.24, 2.45) is 0 Å². The molecule has 1 unspecified atom stereocenters. The van der Waals surface area contributed by atoms with Crippen molar-refractivity contribution in [3.05, 3.63) is 23.8 Å². The summed E-state index contributed by atoms with van der Waals surface area (Å²) in [6.45, 7) is 7.93. The highest BCUT2D eigenvalue weighted by atomic mass is 15.2. The Bertz CT molecular complexity index is 370. The first-order valence-electron chi connectivity index (χ1n) is 6.51. The lowest BCUT2D eigenvalue weighted by Gasteiger charge is -2.23. The fourth-order valence-electron chi connectivity index (χ4n) is 2.47. The Balaban J connectivity index is 1.93. The van der Waals surface area contributed by atoms with E-state index in [1.807, 2.05) is 12.1 Å². The summed E-state index contributed by atoms with van der Waals surface area (Å²) < 4.78 is 0. The van der Waals surface area contributed by atoms with Crippen LogP contribution in [-0.4, -0.2) is 30.6 Å². The second-order valence-corrected chi connectivity index (χ2v) is 5.07. The van der Waals surface area contributed by atoms with Gasteiger partial charge in [-0.05, 0) is 57.5 Å². The third-order valence-electron chi connectivity index (χ3n) is 3.51. The maximum absolute atomic E-state index is 5.91. The third-order valence-corrected chi connectivity index (χ3v) is 3.51. The van der Waals surface area contributed by atoms with E-state index in [2.05, 4.69) is 30.1 Å². The lowest BCUT2D eigenvalue weighted by molar-refractivity contribution is 0.328. The minimum absolute atomic E-state index is 0.466. The van der Waals surface area contributed by atoms with Gasteiger partial charge in [0.05, 0.1) is 0 Å². The van der Waals surface area contributed by atoms with E-state index in [9.17, 15) is 0 Å². The van der Waals surface area contributed by atoms with Gasteiger partial charge in [-0.15, -0.1) is 0 Å². The number of nitrogens with one attached hydrogen (secondary N) is 1. The number of likely N-dealkylation sites (tertiary alicyclic amines) is 1. The van der Waals surface area contributed by atoms with Gasteiger partial charge in [-0.25, -0.2) is 0 Å². The minimum atomic E-state index is 0.466. The number of hydrogen-bond donors (Lipinski definition) is 2. The van der Waals surface area contributed by atoms with Crippen molar-refractivity contribution < 1.29 is 0 Å². The van der Waals surface area contributed by atoms with Crippen molar-refractivity contribution in [2.75, 3.05) is 30.7 Å². The van der Waals surface area contributed by atoms with Crippen molar-refractivity contribution in [2.45, 2.75) is 32.7 Å². The van der Waals surface area contributed by atoms with E-state index in [0.717, 1.165) is 23.5 Å². The Morgan fingerprint density at radius 3 is 2.76 bits per heavy atom. The number of nitrogens with zero attached hydrogens (tertiary/aromatic N) is 1. The molecule has 1 aromatic rings. The number of nitrogens with two attached hydrogens (primary N) is 1. The minimum Gasteiger partial charge on any atom is -0.398 e. The van der Waals surface area contributed by atoms with Crippen LogP contribution in [0.15, 0.2) is 18.2 Å². The van der Waals surface area contributed by atoms with Crippen LogP contribution in [0, 0.1) is 6.92 Å². The Morgan fingerprint density at radius 1 is 1.35 bits per heavy atom. The molecule has 0 amide bonds. The molecule has 1 aliphatic rings. The Morgan fingerprint density at radius 2 is 2.06 bits per heavy atom. The van der Waals surface area contributed by atoms with Gasteiger partial charge >= 0.3 is 0 Å². The summed E-state index contributed by atoms with van der Waals surface area (Å²) in [5.41, 5.74) is 9.09. The largest absolute Gasteiger partial charge is 0.398 e. The number of benzene rings is 1. The van der Waals surface area contributed by atoms with Gasteiger partial charge < -0.3 is 16.0 Å². The van der Waals surface area contributed by atoms with E-state index in [4.69, 9.17) is 5.73 Å². The van der Waals surface area contributed by atoms with E-state index >= 15 is 0 Å². The number of nitrogen functional groups attached to an aromatic ring is 1. The summed E-state index contributed by atoms with van der Waals surface area (Å²) in [7, 11) is 0. The molecule has 1 atom stereocenters. The number of rotatable bonds is 4. The standard InChI is InChI=1S/C14H23N3/c1-11(10-17-8-3-4-9-17)16-14-7-5-6-13(15)12(14)2/h5-7,11,16H,3-4,8-10,15H2,1-2H3. The van der Waals surface area contributed by atoms with Crippen molar-refractivity contribution in [1.82, 2.24) is 4.90 Å². The van der Waals surface area contributed by atoms with Gasteiger partial charge in [-0.1, -0.05) is 6.07 Å². The quantitative estimate of drug-likeness (QED) is 0.785. The lowest BCUT2D eigenvalue weighted by Crippen LogP contribution is -2.33. The van der Waals surface area contributed by atoms with Crippen molar-refractivity contribution in [1.29, 1.82) is 0 Å². The van der Waals surface area contributed by atoms with Crippen LogP contribution in [0.4, 0.5) is 11.4 Å². The maximum atomic E-state index is 5.91. The monoisotopic (exact) mass is 233 g/mol. The smallest absolute Gasteiger partial charge is 0.0393 e. The zero-order valence-corrected chi connectivity index (χ0v) is 10.9. The molecule has 3 N–H and O–H groups in total. The summed E-state index contributed by atoms with van der Waals surface area (Å²) in [5.74, 6) is 0. The van der Waals surface area contributed by atoms with Crippen molar-refractivity contribution >= 4 is 11.4 Å². The van der Waals surface area contributed by atoms with Crippen LogP contribution in [-0.2, 0) is 0 Å². The zero-order valence-electron chi connectivity index (χ0n) is 10.9. The predicted octanol–water partition coefficient (Wildman–Crippen LogP) is 2.47. The van der Waals surface area contributed by atoms with Crippen LogP contribution in [0.5, 0.6) is 0 Å². The molecule has 2 rings (SSSR count). The van der Waals surface area contributed by atoms with Gasteiger partial charge in [0.15, 0.2) is 0 Å². The highest BCUT2D eigenvalue weighted by Gasteiger charge is 2.14. The van der Waals surface area contributed by atoms with Gasteiger partial charge in [0.25, 0.3) is 0 Å². The van der Waals surface area contributed by atoms with E-state index < -0.39 is 0 Å². The first-order chi connectivity index (χ1) is 8.16. The van der Waals surface area contributed by atoms with E-state index in [-0.39, 0.29) is 0 Å². The fourth-order valence-corrected chi connectivity index (χ4v) is 2.47. The lowest BCUT2D eigenvalue weighted by atomic mass is 10.1. The molecule has 0 bridgehead atoms. The van der Waals surface area contributed by atoms with Gasteiger partial charge in [0.1, 0.15) is 0 Å². The second-order valence-electron chi connectivity index (χ2n) is 5.07. The molecular weight excluding hydrogens is 210 g/mol. The van der Waals surface area contributed by atoms with Crippen molar-refractivity contribution in [3.8, 4) is 0 Å². The molecule has 1 fully saturated rings. The van der Waals surface area contributed by atoms with Gasteiger partial charge in [0, 0.05) is 24.0 Å². The van der Waals surface area contributed by atoms with Crippen LogP contribution in [0.3, 0.4) is 0 Å². The molecule has 0 spiro atoms. The first-order valence-corrected chi connectivity index (χ1v) is 6.51. The molecule has 0 aromatic heterocycles.